The minimum absolute atomic E-state index is 0. The van der Waals surface area contributed by atoms with E-state index < -0.39 is 0 Å². The molecule has 0 aliphatic carbocycles. The molecule has 0 aliphatic rings. The van der Waals surface area contributed by atoms with Crippen LogP contribution in [0, 0.1) is 5.82 Å². The molecule has 27 heavy (non-hydrogen) atoms. The molecule has 0 bridgehead atoms. The van der Waals surface area contributed by atoms with E-state index in [0.717, 1.165) is 12.1 Å². The second-order valence-corrected chi connectivity index (χ2v) is 5.92. The SMILES string of the molecule is COc1cccc(CNCc2ccccc2)c1OCc1ccccc1F.Cl. The zero-order chi connectivity index (χ0) is 18.2. The summed E-state index contributed by atoms with van der Waals surface area (Å²) in [5, 5.41) is 3.41. The van der Waals surface area contributed by atoms with E-state index in [1.54, 1.807) is 25.3 Å². The Morgan fingerprint density at radius 2 is 1.52 bits per heavy atom. The van der Waals surface area contributed by atoms with Gasteiger partial charge in [0, 0.05) is 24.2 Å². The summed E-state index contributed by atoms with van der Waals surface area (Å²) in [7, 11) is 1.60. The lowest BCUT2D eigenvalue weighted by atomic mass is 10.1. The highest BCUT2D eigenvalue weighted by Gasteiger charge is 2.12. The third kappa shape index (κ3) is 5.71. The highest BCUT2D eigenvalue weighted by Crippen LogP contribution is 2.32. The maximum absolute atomic E-state index is 13.8. The molecule has 0 amide bonds. The highest BCUT2D eigenvalue weighted by atomic mass is 35.5. The molecule has 0 fully saturated rings. The molecule has 0 aliphatic heterocycles. The molecule has 0 heterocycles. The quantitative estimate of drug-likeness (QED) is 0.581. The fourth-order valence-electron chi connectivity index (χ4n) is 2.73. The number of benzene rings is 3. The van der Waals surface area contributed by atoms with Crippen molar-refractivity contribution >= 4 is 12.4 Å². The van der Waals surface area contributed by atoms with Gasteiger partial charge in [-0.2, -0.15) is 0 Å². The van der Waals surface area contributed by atoms with Crippen LogP contribution in [0.25, 0.3) is 0 Å². The molecular formula is C22H23ClFNO2. The molecule has 3 rings (SSSR count). The number of nitrogens with one attached hydrogen (secondary N) is 1. The third-order valence-electron chi connectivity index (χ3n) is 4.10. The standard InChI is InChI=1S/C22H22FNO2.ClH/c1-25-21-13-7-11-18(15-24-14-17-8-3-2-4-9-17)22(21)26-16-19-10-5-6-12-20(19)23;/h2-13,24H,14-16H2,1H3;1H. The topological polar surface area (TPSA) is 30.5 Å². The van der Waals surface area contributed by atoms with Gasteiger partial charge in [0.25, 0.3) is 0 Å². The fourth-order valence-corrected chi connectivity index (χ4v) is 2.73. The van der Waals surface area contributed by atoms with Crippen LogP contribution in [-0.2, 0) is 19.7 Å². The van der Waals surface area contributed by atoms with E-state index in [1.165, 1.54) is 11.6 Å². The number of para-hydroxylation sites is 1. The van der Waals surface area contributed by atoms with Gasteiger partial charge < -0.3 is 14.8 Å². The lowest BCUT2D eigenvalue weighted by Crippen LogP contribution is -2.14. The summed E-state index contributed by atoms with van der Waals surface area (Å²) in [6.07, 6.45) is 0. The number of hydrogen-bond donors (Lipinski definition) is 1. The fraction of sp³-hybridized carbons (Fsp3) is 0.182. The van der Waals surface area contributed by atoms with Gasteiger partial charge in [-0.3, -0.25) is 0 Å². The van der Waals surface area contributed by atoms with Gasteiger partial charge in [0.05, 0.1) is 7.11 Å². The first-order valence-electron chi connectivity index (χ1n) is 8.54. The van der Waals surface area contributed by atoms with E-state index >= 15 is 0 Å². The molecule has 0 saturated heterocycles. The van der Waals surface area contributed by atoms with E-state index in [-0.39, 0.29) is 24.8 Å². The van der Waals surface area contributed by atoms with Gasteiger partial charge in [0.2, 0.25) is 0 Å². The molecular weight excluding hydrogens is 365 g/mol. The van der Waals surface area contributed by atoms with Gasteiger partial charge in [-0.05, 0) is 17.7 Å². The van der Waals surface area contributed by atoms with Crippen LogP contribution >= 0.6 is 12.4 Å². The predicted octanol–water partition coefficient (Wildman–Crippen LogP) is 5.12. The van der Waals surface area contributed by atoms with Crippen molar-refractivity contribution in [2.75, 3.05) is 7.11 Å². The van der Waals surface area contributed by atoms with E-state index in [2.05, 4.69) is 17.4 Å². The Morgan fingerprint density at radius 3 is 2.26 bits per heavy atom. The van der Waals surface area contributed by atoms with Crippen molar-refractivity contribution in [2.24, 2.45) is 0 Å². The van der Waals surface area contributed by atoms with Crippen LogP contribution in [0.15, 0.2) is 72.8 Å². The molecule has 0 aromatic heterocycles. The Morgan fingerprint density at radius 1 is 0.815 bits per heavy atom. The zero-order valence-electron chi connectivity index (χ0n) is 15.2. The van der Waals surface area contributed by atoms with Crippen molar-refractivity contribution < 1.29 is 13.9 Å². The molecule has 3 aromatic rings. The van der Waals surface area contributed by atoms with Crippen LogP contribution in [0.2, 0.25) is 0 Å². The molecule has 3 aromatic carbocycles. The second kappa shape index (κ2) is 10.6. The number of methoxy groups -OCH3 is 1. The third-order valence-corrected chi connectivity index (χ3v) is 4.10. The van der Waals surface area contributed by atoms with Crippen molar-refractivity contribution in [3.05, 3.63) is 95.3 Å². The summed E-state index contributed by atoms with van der Waals surface area (Å²) in [6.45, 7) is 1.53. The van der Waals surface area contributed by atoms with Gasteiger partial charge >= 0.3 is 0 Å². The maximum atomic E-state index is 13.8. The van der Waals surface area contributed by atoms with Crippen LogP contribution < -0.4 is 14.8 Å². The molecule has 142 valence electrons. The van der Waals surface area contributed by atoms with Gasteiger partial charge in [-0.15, -0.1) is 12.4 Å². The number of halogens is 2. The lowest BCUT2D eigenvalue weighted by Gasteiger charge is -2.16. The second-order valence-electron chi connectivity index (χ2n) is 5.92. The molecule has 1 N–H and O–H groups in total. The van der Waals surface area contributed by atoms with Gasteiger partial charge in [0.1, 0.15) is 12.4 Å². The summed E-state index contributed by atoms with van der Waals surface area (Å²) in [4.78, 5) is 0. The van der Waals surface area contributed by atoms with Crippen molar-refractivity contribution in [1.82, 2.24) is 5.32 Å². The predicted molar refractivity (Wildman–Crippen MR) is 108 cm³/mol. The van der Waals surface area contributed by atoms with Gasteiger partial charge in [-0.1, -0.05) is 60.7 Å². The monoisotopic (exact) mass is 387 g/mol. The first-order chi connectivity index (χ1) is 12.8. The summed E-state index contributed by atoms with van der Waals surface area (Å²) < 4.78 is 25.2. The highest BCUT2D eigenvalue weighted by molar-refractivity contribution is 5.85. The Balaban J connectivity index is 0.00000261. The van der Waals surface area contributed by atoms with Crippen molar-refractivity contribution in [3.63, 3.8) is 0 Å². The number of rotatable bonds is 8. The summed E-state index contributed by atoms with van der Waals surface area (Å²) in [5.41, 5.74) is 2.70. The van der Waals surface area contributed by atoms with E-state index in [1.807, 2.05) is 36.4 Å². The summed E-state index contributed by atoms with van der Waals surface area (Å²) in [5.74, 6) is 1.00. The lowest BCUT2D eigenvalue weighted by molar-refractivity contribution is 0.276. The Bertz CT molecular complexity index is 843. The zero-order valence-corrected chi connectivity index (χ0v) is 16.0. The van der Waals surface area contributed by atoms with E-state index in [0.29, 0.717) is 23.6 Å². The molecule has 5 heteroatoms. The van der Waals surface area contributed by atoms with Crippen molar-refractivity contribution in [1.29, 1.82) is 0 Å². The van der Waals surface area contributed by atoms with Crippen molar-refractivity contribution in [2.45, 2.75) is 19.7 Å². The smallest absolute Gasteiger partial charge is 0.166 e. The largest absolute Gasteiger partial charge is 0.493 e. The minimum atomic E-state index is -0.272. The maximum Gasteiger partial charge on any atom is 0.166 e. The molecule has 0 unspecified atom stereocenters. The minimum Gasteiger partial charge on any atom is -0.493 e. The van der Waals surface area contributed by atoms with Crippen molar-refractivity contribution in [3.8, 4) is 11.5 Å². The number of ether oxygens (including phenoxy) is 2. The van der Waals surface area contributed by atoms with Crippen LogP contribution in [-0.4, -0.2) is 7.11 Å². The Hall–Kier alpha value is -2.56. The molecule has 0 spiro atoms. The molecule has 0 atom stereocenters. The average Bonchev–Trinajstić information content (AvgIpc) is 2.68. The first-order valence-corrected chi connectivity index (χ1v) is 8.54. The molecule has 0 radical (unpaired) electrons. The normalized spacial score (nSPS) is 10.1. The molecule has 0 saturated carbocycles. The van der Waals surface area contributed by atoms with Gasteiger partial charge in [0.15, 0.2) is 11.5 Å². The summed E-state index contributed by atoms with van der Waals surface area (Å²) >= 11 is 0. The number of hydrogen-bond acceptors (Lipinski definition) is 3. The molecule has 3 nitrogen and oxygen atoms in total. The van der Waals surface area contributed by atoms with Crippen LogP contribution in [0.4, 0.5) is 4.39 Å². The van der Waals surface area contributed by atoms with Crippen LogP contribution in [0.3, 0.4) is 0 Å². The average molecular weight is 388 g/mol. The van der Waals surface area contributed by atoms with E-state index in [4.69, 9.17) is 9.47 Å². The van der Waals surface area contributed by atoms with Crippen LogP contribution in [0.1, 0.15) is 16.7 Å². The van der Waals surface area contributed by atoms with E-state index in [9.17, 15) is 4.39 Å². The Kier molecular flexibility index (Phi) is 8.11. The van der Waals surface area contributed by atoms with Gasteiger partial charge in [-0.25, -0.2) is 4.39 Å². The Labute approximate surface area is 165 Å². The summed E-state index contributed by atoms with van der Waals surface area (Å²) in [6, 6.07) is 22.6. The van der Waals surface area contributed by atoms with Crippen LogP contribution in [0.5, 0.6) is 11.5 Å². The first kappa shape index (κ1) is 20.7.